The molecule has 3 rings (SSSR count). The third-order valence-electron chi connectivity index (χ3n) is 6.72. The standard InChI is InChI=1S/C24H27F3O3/c1-13-8-9-17(14(2)23(29)30-4)12-19-15(3)22(28)20(21(13)19)11-16-6-5-7-18(10-16)24(25,26)27/h5-7,10,13,17,20-21H,2,8-9,11-12H2,1,3-4H3/t13-,17+,20?,21-/m0/s1. The molecule has 0 bridgehead atoms. The fraction of sp³-hybridized carbons (Fsp3) is 0.500. The summed E-state index contributed by atoms with van der Waals surface area (Å²) in [6, 6.07) is 5.24. The minimum Gasteiger partial charge on any atom is -0.466 e. The highest BCUT2D eigenvalue weighted by Crippen LogP contribution is 2.49. The van der Waals surface area contributed by atoms with Crippen LogP contribution in [0.4, 0.5) is 13.2 Å². The van der Waals surface area contributed by atoms with E-state index in [0.29, 0.717) is 23.1 Å². The third-order valence-corrected chi connectivity index (χ3v) is 6.72. The molecule has 1 aromatic carbocycles. The highest BCUT2D eigenvalue weighted by molar-refractivity contribution is 6.01. The molecule has 0 aliphatic heterocycles. The molecule has 3 nitrogen and oxygen atoms in total. The molecule has 0 saturated heterocycles. The van der Waals surface area contributed by atoms with Crippen molar-refractivity contribution in [1.29, 1.82) is 0 Å². The molecule has 4 atom stereocenters. The number of hydrogen-bond acceptors (Lipinski definition) is 3. The van der Waals surface area contributed by atoms with Gasteiger partial charge in [0.05, 0.1) is 12.7 Å². The first-order valence-corrected chi connectivity index (χ1v) is 10.2. The monoisotopic (exact) mass is 420 g/mol. The summed E-state index contributed by atoms with van der Waals surface area (Å²) in [5, 5.41) is 0. The lowest BCUT2D eigenvalue weighted by molar-refractivity contribution is -0.138. The third kappa shape index (κ3) is 4.23. The zero-order chi connectivity index (χ0) is 22.2. The highest BCUT2D eigenvalue weighted by Gasteiger charge is 2.45. The number of alkyl halides is 3. The number of esters is 1. The van der Waals surface area contributed by atoms with E-state index in [4.69, 9.17) is 4.74 Å². The van der Waals surface area contributed by atoms with Crippen molar-refractivity contribution in [3.05, 3.63) is 58.7 Å². The van der Waals surface area contributed by atoms with Gasteiger partial charge < -0.3 is 4.74 Å². The lowest BCUT2D eigenvalue weighted by Gasteiger charge is -2.26. The second-order valence-corrected chi connectivity index (χ2v) is 8.52. The SMILES string of the molecule is C=C(C(=O)OC)[C@@H]1CC[C@H](C)[C@H]2C(=C(C)C(=O)C2Cc2cccc(C(F)(F)F)c2)C1. The summed E-state index contributed by atoms with van der Waals surface area (Å²) >= 11 is 0. The summed E-state index contributed by atoms with van der Waals surface area (Å²) in [5.74, 6) is -0.730. The summed E-state index contributed by atoms with van der Waals surface area (Å²) in [5.41, 5.74) is 1.95. The number of methoxy groups -OCH3 is 1. The smallest absolute Gasteiger partial charge is 0.416 e. The molecule has 30 heavy (non-hydrogen) atoms. The van der Waals surface area contributed by atoms with Gasteiger partial charge in [-0.05, 0) is 67.6 Å². The molecule has 0 aromatic heterocycles. The lowest BCUT2D eigenvalue weighted by Crippen LogP contribution is -2.25. The molecule has 0 radical (unpaired) electrons. The molecule has 0 amide bonds. The van der Waals surface area contributed by atoms with E-state index < -0.39 is 17.7 Å². The quantitative estimate of drug-likeness (QED) is 0.474. The Balaban J connectivity index is 1.88. The topological polar surface area (TPSA) is 43.4 Å². The van der Waals surface area contributed by atoms with Gasteiger partial charge in [0, 0.05) is 11.5 Å². The number of carbonyl (C=O) groups is 2. The molecule has 6 heteroatoms. The van der Waals surface area contributed by atoms with Crippen molar-refractivity contribution in [1.82, 2.24) is 0 Å². The molecular formula is C24H27F3O3. The largest absolute Gasteiger partial charge is 0.466 e. The Morgan fingerprint density at radius 1 is 1.27 bits per heavy atom. The lowest BCUT2D eigenvalue weighted by atomic mass is 9.77. The van der Waals surface area contributed by atoms with Crippen LogP contribution >= 0.6 is 0 Å². The van der Waals surface area contributed by atoms with E-state index in [0.717, 1.165) is 30.5 Å². The van der Waals surface area contributed by atoms with Gasteiger partial charge >= 0.3 is 12.1 Å². The summed E-state index contributed by atoms with van der Waals surface area (Å²) in [7, 11) is 1.32. The minimum absolute atomic E-state index is 0.00333. The average Bonchev–Trinajstić information content (AvgIpc) is 2.83. The second kappa shape index (κ2) is 8.40. The number of Topliss-reactive ketones (excluding diaryl/α,β-unsaturated/α-hetero) is 1. The fourth-order valence-electron chi connectivity index (χ4n) is 5.08. The fourth-order valence-corrected chi connectivity index (χ4v) is 5.08. The van der Waals surface area contributed by atoms with Crippen molar-refractivity contribution in [2.45, 2.75) is 45.7 Å². The molecule has 1 unspecified atom stereocenters. The maximum atomic E-state index is 13.1. The predicted molar refractivity (Wildman–Crippen MR) is 107 cm³/mol. The van der Waals surface area contributed by atoms with Crippen LogP contribution in [0.5, 0.6) is 0 Å². The van der Waals surface area contributed by atoms with Crippen molar-refractivity contribution in [3.8, 4) is 0 Å². The number of fused-ring (bicyclic) bond motifs is 1. The zero-order valence-corrected chi connectivity index (χ0v) is 17.5. The molecule has 1 fully saturated rings. The Labute approximate surface area is 175 Å². The Kier molecular flexibility index (Phi) is 6.25. The van der Waals surface area contributed by atoms with Crippen molar-refractivity contribution < 1.29 is 27.5 Å². The zero-order valence-electron chi connectivity index (χ0n) is 17.5. The van der Waals surface area contributed by atoms with E-state index in [2.05, 4.69) is 13.5 Å². The first-order chi connectivity index (χ1) is 14.0. The molecule has 0 N–H and O–H groups in total. The van der Waals surface area contributed by atoms with Crippen molar-refractivity contribution >= 4 is 11.8 Å². The van der Waals surface area contributed by atoms with Crippen molar-refractivity contribution in [2.24, 2.45) is 23.7 Å². The van der Waals surface area contributed by atoms with Crippen LogP contribution in [0.3, 0.4) is 0 Å². The molecule has 0 spiro atoms. The molecule has 1 saturated carbocycles. The Morgan fingerprint density at radius 2 is 1.97 bits per heavy atom. The molecule has 162 valence electrons. The van der Waals surface area contributed by atoms with Crippen LogP contribution in [-0.4, -0.2) is 18.9 Å². The van der Waals surface area contributed by atoms with Crippen LogP contribution in [0, 0.1) is 23.7 Å². The highest BCUT2D eigenvalue weighted by atomic mass is 19.4. The number of allylic oxidation sites excluding steroid dienone is 2. The Morgan fingerprint density at radius 3 is 2.60 bits per heavy atom. The van der Waals surface area contributed by atoms with Gasteiger partial charge in [0.1, 0.15) is 0 Å². The van der Waals surface area contributed by atoms with E-state index in [1.807, 2.05) is 0 Å². The molecule has 2 aliphatic rings. The van der Waals surface area contributed by atoms with Crippen LogP contribution in [-0.2, 0) is 26.9 Å². The van der Waals surface area contributed by atoms with E-state index in [1.165, 1.54) is 13.2 Å². The Bertz CT molecular complexity index is 897. The van der Waals surface area contributed by atoms with Crippen LogP contribution in [0.15, 0.2) is 47.6 Å². The van der Waals surface area contributed by atoms with Gasteiger partial charge in [-0.15, -0.1) is 0 Å². The van der Waals surface area contributed by atoms with Gasteiger partial charge in [-0.25, -0.2) is 4.79 Å². The summed E-state index contributed by atoms with van der Waals surface area (Å²) in [6.07, 6.45) is -1.98. The number of benzene rings is 1. The maximum absolute atomic E-state index is 13.1. The molecule has 1 aromatic rings. The summed E-state index contributed by atoms with van der Waals surface area (Å²) in [4.78, 5) is 25.1. The second-order valence-electron chi connectivity index (χ2n) is 8.52. The summed E-state index contributed by atoms with van der Waals surface area (Å²) in [6.45, 7) is 7.79. The normalized spacial score (nSPS) is 26.9. The van der Waals surface area contributed by atoms with Crippen LogP contribution in [0.1, 0.15) is 44.2 Å². The average molecular weight is 420 g/mol. The van der Waals surface area contributed by atoms with Gasteiger partial charge in [0.25, 0.3) is 0 Å². The van der Waals surface area contributed by atoms with Gasteiger partial charge in [0.15, 0.2) is 5.78 Å². The minimum atomic E-state index is -4.41. The first-order valence-electron chi connectivity index (χ1n) is 10.2. The van der Waals surface area contributed by atoms with Crippen LogP contribution < -0.4 is 0 Å². The van der Waals surface area contributed by atoms with Crippen molar-refractivity contribution in [3.63, 3.8) is 0 Å². The van der Waals surface area contributed by atoms with E-state index in [1.54, 1.807) is 13.0 Å². The number of carbonyl (C=O) groups excluding carboxylic acids is 2. The predicted octanol–water partition coefficient (Wildman–Crippen LogP) is 5.54. The molecule has 2 aliphatic carbocycles. The van der Waals surface area contributed by atoms with E-state index in [-0.39, 0.29) is 35.9 Å². The van der Waals surface area contributed by atoms with Gasteiger partial charge in [-0.2, -0.15) is 13.2 Å². The number of hydrogen-bond donors (Lipinski definition) is 0. The van der Waals surface area contributed by atoms with Crippen LogP contribution in [0.25, 0.3) is 0 Å². The van der Waals surface area contributed by atoms with Gasteiger partial charge in [-0.1, -0.05) is 37.3 Å². The molecule has 0 heterocycles. The number of ether oxygens (including phenoxy) is 1. The number of halogens is 3. The first kappa shape index (κ1) is 22.3. The number of rotatable bonds is 4. The van der Waals surface area contributed by atoms with Gasteiger partial charge in [0.2, 0.25) is 0 Å². The summed E-state index contributed by atoms with van der Waals surface area (Å²) < 4.78 is 44.1. The van der Waals surface area contributed by atoms with E-state index >= 15 is 0 Å². The van der Waals surface area contributed by atoms with Gasteiger partial charge in [-0.3, -0.25) is 4.79 Å². The number of ketones is 1. The van der Waals surface area contributed by atoms with Crippen molar-refractivity contribution in [2.75, 3.05) is 7.11 Å². The molecular weight excluding hydrogens is 393 g/mol. The van der Waals surface area contributed by atoms with E-state index in [9.17, 15) is 22.8 Å². The maximum Gasteiger partial charge on any atom is 0.416 e. The van der Waals surface area contributed by atoms with Crippen LogP contribution in [0.2, 0.25) is 0 Å². The Hall–Kier alpha value is -2.37.